The SMILES string of the molecule is COC(=O)C12CCCC1CN(c1ccc([N+](=O)[O-])c3cnccc13)C2. The molecule has 1 aromatic heterocycles. The summed E-state index contributed by atoms with van der Waals surface area (Å²) in [6.07, 6.45) is 6.07. The quantitative estimate of drug-likeness (QED) is 0.485. The first-order chi connectivity index (χ1) is 12.1. The third-order valence-electron chi connectivity index (χ3n) is 5.77. The van der Waals surface area contributed by atoms with Crippen molar-refractivity contribution in [2.75, 3.05) is 25.1 Å². The molecule has 0 radical (unpaired) electrons. The van der Waals surface area contributed by atoms with Crippen LogP contribution in [0.4, 0.5) is 11.4 Å². The van der Waals surface area contributed by atoms with Crippen LogP contribution in [0.3, 0.4) is 0 Å². The van der Waals surface area contributed by atoms with E-state index in [1.807, 2.05) is 0 Å². The van der Waals surface area contributed by atoms with Gasteiger partial charge in [0.05, 0.1) is 22.8 Å². The van der Waals surface area contributed by atoms with Gasteiger partial charge in [-0.2, -0.15) is 0 Å². The first kappa shape index (κ1) is 15.8. The van der Waals surface area contributed by atoms with Gasteiger partial charge in [-0.3, -0.25) is 19.9 Å². The van der Waals surface area contributed by atoms with E-state index < -0.39 is 5.41 Å². The highest BCUT2D eigenvalue weighted by molar-refractivity contribution is 5.99. The zero-order valence-electron chi connectivity index (χ0n) is 14.0. The van der Waals surface area contributed by atoms with Gasteiger partial charge >= 0.3 is 5.97 Å². The van der Waals surface area contributed by atoms with E-state index in [4.69, 9.17) is 4.74 Å². The van der Waals surface area contributed by atoms with Gasteiger partial charge in [0, 0.05) is 42.6 Å². The number of pyridine rings is 1. The monoisotopic (exact) mass is 341 g/mol. The van der Waals surface area contributed by atoms with Gasteiger partial charge in [-0.25, -0.2) is 0 Å². The molecule has 0 spiro atoms. The number of carbonyl (C=O) groups is 1. The minimum absolute atomic E-state index is 0.0499. The predicted octanol–water partition coefficient (Wildman–Crippen LogP) is 2.92. The van der Waals surface area contributed by atoms with Crippen molar-refractivity contribution >= 4 is 28.1 Å². The lowest BCUT2D eigenvalue weighted by atomic mass is 9.81. The molecule has 0 bridgehead atoms. The fourth-order valence-electron chi connectivity index (χ4n) is 4.60. The molecule has 7 nitrogen and oxygen atoms in total. The van der Waals surface area contributed by atoms with Crippen molar-refractivity contribution < 1.29 is 14.5 Å². The zero-order chi connectivity index (χ0) is 17.6. The van der Waals surface area contributed by atoms with Gasteiger partial charge in [0.15, 0.2) is 0 Å². The van der Waals surface area contributed by atoms with E-state index >= 15 is 0 Å². The second kappa shape index (κ2) is 5.68. The maximum absolute atomic E-state index is 12.5. The van der Waals surface area contributed by atoms with Gasteiger partial charge in [-0.1, -0.05) is 6.42 Å². The predicted molar refractivity (Wildman–Crippen MR) is 92.4 cm³/mol. The Kier molecular flexibility index (Phi) is 3.59. The molecule has 1 saturated heterocycles. The average molecular weight is 341 g/mol. The third kappa shape index (κ3) is 2.26. The second-order valence-corrected chi connectivity index (χ2v) is 6.90. The van der Waals surface area contributed by atoms with Crippen LogP contribution >= 0.6 is 0 Å². The summed E-state index contributed by atoms with van der Waals surface area (Å²) in [5, 5.41) is 12.6. The van der Waals surface area contributed by atoms with Crippen LogP contribution in [0.25, 0.3) is 10.8 Å². The minimum Gasteiger partial charge on any atom is -0.469 e. The van der Waals surface area contributed by atoms with E-state index in [1.165, 1.54) is 19.4 Å². The standard InChI is InChI=1S/C18H19N3O4/c1-25-17(22)18-7-2-3-12(18)10-20(11-18)15-4-5-16(21(23)24)14-9-19-8-6-13(14)15/h4-6,8-9,12H,2-3,7,10-11H2,1H3. The third-order valence-corrected chi connectivity index (χ3v) is 5.77. The maximum atomic E-state index is 12.5. The molecule has 25 heavy (non-hydrogen) atoms. The van der Waals surface area contributed by atoms with Gasteiger partial charge in [0.2, 0.25) is 0 Å². The van der Waals surface area contributed by atoms with E-state index in [0.717, 1.165) is 36.9 Å². The Morgan fingerprint density at radius 2 is 2.24 bits per heavy atom. The number of nitro groups is 1. The number of ether oxygens (including phenoxy) is 1. The summed E-state index contributed by atoms with van der Waals surface area (Å²) < 4.78 is 5.10. The average Bonchev–Trinajstić information content (AvgIpc) is 3.18. The smallest absolute Gasteiger partial charge is 0.313 e. The topological polar surface area (TPSA) is 85.6 Å². The van der Waals surface area contributed by atoms with E-state index in [1.54, 1.807) is 18.3 Å². The van der Waals surface area contributed by atoms with Crippen LogP contribution in [0, 0.1) is 21.4 Å². The largest absolute Gasteiger partial charge is 0.469 e. The van der Waals surface area contributed by atoms with E-state index in [2.05, 4.69) is 9.88 Å². The van der Waals surface area contributed by atoms with Crippen LogP contribution in [0.2, 0.25) is 0 Å². The highest BCUT2D eigenvalue weighted by Crippen LogP contribution is 2.51. The molecule has 2 fully saturated rings. The Bertz CT molecular complexity index is 869. The molecule has 7 heteroatoms. The van der Waals surface area contributed by atoms with Gasteiger partial charge in [0.25, 0.3) is 5.69 Å². The van der Waals surface area contributed by atoms with Crippen molar-refractivity contribution in [3.8, 4) is 0 Å². The van der Waals surface area contributed by atoms with Gasteiger partial charge in [-0.05, 0) is 30.9 Å². The van der Waals surface area contributed by atoms with Crippen molar-refractivity contribution in [2.45, 2.75) is 19.3 Å². The lowest BCUT2D eigenvalue weighted by Gasteiger charge is -2.26. The summed E-state index contributed by atoms with van der Waals surface area (Å²) in [5.74, 6) is 0.136. The molecule has 2 atom stereocenters. The Labute approximate surface area is 144 Å². The fraction of sp³-hybridized carbons (Fsp3) is 0.444. The Hall–Kier alpha value is -2.70. The molecule has 0 amide bonds. The number of anilines is 1. The van der Waals surface area contributed by atoms with E-state index in [0.29, 0.717) is 11.9 Å². The molecule has 0 N–H and O–H groups in total. The summed E-state index contributed by atoms with van der Waals surface area (Å²) in [7, 11) is 1.45. The molecule has 1 aliphatic carbocycles. The molecule has 130 valence electrons. The molecule has 1 aliphatic heterocycles. The molecular weight excluding hydrogens is 322 g/mol. The van der Waals surface area contributed by atoms with Gasteiger partial charge in [-0.15, -0.1) is 0 Å². The van der Waals surface area contributed by atoms with Gasteiger partial charge in [0.1, 0.15) is 0 Å². The van der Waals surface area contributed by atoms with Crippen LogP contribution in [0.5, 0.6) is 0 Å². The first-order valence-electron chi connectivity index (χ1n) is 8.41. The van der Waals surface area contributed by atoms with Crippen LogP contribution in [0.1, 0.15) is 19.3 Å². The Morgan fingerprint density at radius 1 is 1.40 bits per heavy atom. The van der Waals surface area contributed by atoms with E-state index in [-0.39, 0.29) is 22.5 Å². The summed E-state index contributed by atoms with van der Waals surface area (Å²) in [6.45, 7) is 1.36. The minimum atomic E-state index is -0.449. The van der Waals surface area contributed by atoms with Crippen LogP contribution < -0.4 is 4.90 Å². The maximum Gasteiger partial charge on any atom is 0.313 e. The summed E-state index contributed by atoms with van der Waals surface area (Å²) in [6, 6.07) is 5.11. The summed E-state index contributed by atoms with van der Waals surface area (Å²) >= 11 is 0. The highest BCUT2D eigenvalue weighted by atomic mass is 16.6. The molecule has 2 heterocycles. The zero-order valence-corrected chi connectivity index (χ0v) is 14.0. The number of rotatable bonds is 3. The molecule has 2 unspecified atom stereocenters. The molecule has 2 aromatic rings. The summed E-state index contributed by atoms with van der Waals surface area (Å²) in [5.41, 5.74) is 0.519. The van der Waals surface area contributed by atoms with Crippen molar-refractivity contribution in [2.24, 2.45) is 11.3 Å². The van der Waals surface area contributed by atoms with Crippen LogP contribution in [-0.4, -0.2) is 36.1 Å². The van der Waals surface area contributed by atoms with Crippen LogP contribution in [0.15, 0.2) is 30.6 Å². The highest BCUT2D eigenvalue weighted by Gasteiger charge is 2.55. The Balaban J connectivity index is 1.78. The fourth-order valence-corrected chi connectivity index (χ4v) is 4.60. The van der Waals surface area contributed by atoms with Crippen molar-refractivity contribution in [1.82, 2.24) is 4.98 Å². The van der Waals surface area contributed by atoms with Gasteiger partial charge < -0.3 is 9.64 Å². The number of benzene rings is 1. The van der Waals surface area contributed by atoms with Crippen molar-refractivity contribution in [1.29, 1.82) is 0 Å². The van der Waals surface area contributed by atoms with Crippen molar-refractivity contribution in [3.05, 3.63) is 40.7 Å². The number of nitro benzene ring substituents is 1. The normalized spacial score (nSPS) is 25.2. The molecule has 1 saturated carbocycles. The van der Waals surface area contributed by atoms with E-state index in [9.17, 15) is 14.9 Å². The summed E-state index contributed by atoms with van der Waals surface area (Å²) in [4.78, 5) is 29.6. The lowest BCUT2D eigenvalue weighted by molar-refractivity contribution is -0.383. The molecule has 2 aliphatic rings. The first-order valence-corrected chi connectivity index (χ1v) is 8.41. The number of aromatic nitrogens is 1. The Morgan fingerprint density at radius 3 is 3.00 bits per heavy atom. The number of fused-ring (bicyclic) bond motifs is 2. The number of non-ortho nitro benzene ring substituents is 1. The number of hydrogen-bond donors (Lipinski definition) is 0. The number of carbonyl (C=O) groups excluding carboxylic acids is 1. The molecular formula is C18H19N3O4. The molecule has 4 rings (SSSR count). The number of nitrogens with zero attached hydrogens (tertiary/aromatic N) is 3. The molecule has 1 aromatic carbocycles. The second-order valence-electron chi connectivity index (χ2n) is 6.90. The lowest BCUT2D eigenvalue weighted by Crippen LogP contribution is -2.36. The van der Waals surface area contributed by atoms with Crippen LogP contribution in [-0.2, 0) is 9.53 Å². The number of methoxy groups -OCH3 is 1. The van der Waals surface area contributed by atoms with Crippen molar-refractivity contribution in [3.63, 3.8) is 0 Å². The number of hydrogen-bond acceptors (Lipinski definition) is 6. The number of esters is 1.